The number of likely N-dealkylation sites (tertiary alicyclic amines) is 1. The molecule has 1 heterocycles. The van der Waals surface area contributed by atoms with Crippen molar-refractivity contribution in [1.29, 1.82) is 0 Å². The number of halogens is 3. The van der Waals surface area contributed by atoms with Gasteiger partial charge in [0.1, 0.15) is 0 Å². The van der Waals surface area contributed by atoms with Crippen LogP contribution in [0.25, 0.3) is 0 Å². The highest BCUT2D eigenvalue weighted by molar-refractivity contribution is 8.00. The van der Waals surface area contributed by atoms with Gasteiger partial charge in [0.25, 0.3) is 5.91 Å². The van der Waals surface area contributed by atoms with Crippen LogP contribution in [0.1, 0.15) is 21.8 Å². The van der Waals surface area contributed by atoms with Gasteiger partial charge in [0.15, 0.2) is 0 Å². The number of nitrogens with two attached hydrogens (primary N) is 1. The SMILES string of the molecule is N[C@@H]1CN(C(=O)c2ccc(SC(F)(F)F)cc2)C[C@H]1c1ccccc1. The van der Waals surface area contributed by atoms with Crippen molar-refractivity contribution >= 4 is 17.7 Å². The van der Waals surface area contributed by atoms with Gasteiger partial charge in [0.05, 0.1) is 0 Å². The first-order valence-electron chi connectivity index (χ1n) is 7.79. The van der Waals surface area contributed by atoms with Gasteiger partial charge in [-0.1, -0.05) is 30.3 Å². The van der Waals surface area contributed by atoms with Crippen LogP contribution in [0.5, 0.6) is 0 Å². The van der Waals surface area contributed by atoms with Crippen LogP contribution in [0.15, 0.2) is 59.5 Å². The van der Waals surface area contributed by atoms with Crippen molar-refractivity contribution in [2.24, 2.45) is 5.73 Å². The quantitative estimate of drug-likeness (QED) is 0.839. The van der Waals surface area contributed by atoms with Crippen LogP contribution in [0.3, 0.4) is 0 Å². The molecule has 0 radical (unpaired) electrons. The maximum absolute atomic E-state index is 12.6. The minimum absolute atomic E-state index is 0.0596. The molecule has 0 spiro atoms. The Morgan fingerprint density at radius 1 is 1.04 bits per heavy atom. The number of hydrogen-bond acceptors (Lipinski definition) is 3. The van der Waals surface area contributed by atoms with E-state index in [0.717, 1.165) is 5.56 Å². The lowest BCUT2D eigenvalue weighted by Gasteiger charge is -2.17. The molecule has 3 nitrogen and oxygen atoms in total. The number of carbonyl (C=O) groups is 1. The number of amides is 1. The number of hydrogen-bond donors (Lipinski definition) is 1. The van der Waals surface area contributed by atoms with E-state index >= 15 is 0 Å². The van der Waals surface area contributed by atoms with E-state index in [1.165, 1.54) is 24.3 Å². The molecule has 0 saturated carbocycles. The van der Waals surface area contributed by atoms with Gasteiger partial charge in [0, 0.05) is 35.5 Å². The number of benzene rings is 2. The Kier molecular flexibility index (Phi) is 5.06. The number of carbonyl (C=O) groups excluding carboxylic acids is 1. The van der Waals surface area contributed by atoms with Crippen molar-refractivity contribution in [3.8, 4) is 0 Å². The Morgan fingerprint density at radius 3 is 2.28 bits per heavy atom. The van der Waals surface area contributed by atoms with Gasteiger partial charge >= 0.3 is 5.51 Å². The van der Waals surface area contributed by atoms with Gasteiger partial charge in [-0.2, -0.15) is 13.2 Å². The predicted octanol–water partition coefficient (Wildman–Crippen LogP) is 3.87. The molecule has 1 saturated heterocycles. The van der Waals surface area contributed by atoms with Crippen molar-refractivity contribution in [3.63, 3.8) is 0 Å². The van der Waals surface area contributed by atoms with E-state index in [2.05, 4.69) is 0 Å². The Bertz CT molecular complexity index is 734. The molecule has 25 heavy (non-hydrogen) atoms. The third kappa shape index (κ3) is 4.35. The van der Waals surface area contributed by atoms with Gasteiger partial charge in [-0.15, -0.1) is 0 Å². The molecule has 2 N–H and O–H groups in total. The molecule has 132 valence electrons. The van der Waals surface area contributed by atoms with Crippen molar-refractivity contribution in [3.05, 3.63) is 65.7 Å². The minimum Gasteiger partial charge on any atom is -0.336 e. The van der Waals surface area contributed by atoms with Crippen LogP contribution in [0.4, 0.5) is 13.2 Å². The third-order valence-corrected chi connectivity index (χ3v) is 4.95. The highest BCUT2D eigenvalue weighted by Crippen LogP contribution is 2.37. The maximum atomic E-state index is 12.6. The van der Waals surface area contributed by atoms with E-state index < -0.39 is 5.51 Å². The van der Waals surface area contributed by atoms with Crippen molar-refractivity contribution < 1.29 is 18.0 Å². The van der Waals surface area contributed by atoms with Gasteiger partial charge in [-0.05, 0) is 41.6 Å². The monoisotopic (exact) mass is 366 g/mol. The maximum Gasteiger partial charge on any atom is 0.446 e. The Balaban J connectivity index is 1.69. The van der Waals surface area contributed by atoms with Crippen molar-refractivity contribution in [2.75, 3.05) is 13.1 Å². The summed E-state index contributed by atoms with van der Waals surface area (Å²) < 4.78 is 37.1. The number of thioether (sulfide) groups is 1. The molecule has 1 amide bonds. The lowest BCUT2D eigenvalue weighted by atomic mass is 9.95. The van der Waals surface area contributed by atoms with E-state index in [4.69, 9.17) is 5.73 Å². The zero-order valence-corrected chi connectivity index (χ0v) is 14.1. The van der Waals surface area contributed by atoms with Crippen molar-refractivity contribution in [1.82, 2.24) is 4.90 Å². The summed E-state index contributed by atoms with van der Waals surface area (Å²) >= 11 is -0.193. The first-order chi connectivity index (χ1) is 11.8. The average Bonchev–Trinajstić information content (AvgIpc) is 2.96. The molecule has 1 aliphatic rings. The highest BCUT2D eigenvalue weighted by atomic mass is 32.2. The zero-order chi connectivity index (χ0) is 18.0. The minimum atomic E-state index is -4.34. The fraction of sp³-hybridized carbons (Fsp3) is 0.278. The number of alkyl halides is 3. The van der Waals surface area contributed by atoms with Gasteiger partial charge < -0.3 is 10.6 Å². The second-order valence-electron chi connectivity index (χ2n) is 5.96. The molecular weight excluding hydrogens is 349 g/mol. The van der Waals surface area contributed by atoms with Gasteiger partial charge in [-0.3, -0.25) is 4.79 Å². The van der Waals surface area contributed by atoms with E-state index in [1.54, 1.807) is 4.90 Å². The van der Waals surface area contributed by atoms with Gasteiger partial charge in [0.2, 0.25) is 0 Å². The van der Waals surface area contributed by atoms with E-state index in [9.17, 15) is 18.0 Å². The first-order valence-corrected chi connectivity index (χ1v) is 8.61. The van der Waals surface area contributed by atoms with Crippen LogP contribution in [-0.2, 0) is 0 Å². The molecule has 0 aromatic heterocycles. The van der Waals surface area contributed by atoms with Crippen molar-refractivity contribution in [2.45, 2.75) is 22.4 Å². The summed E-state index contributed by atoms with van der Waals surface area (Å²) in [5.41, 5.74) is 3.30. The number of nitrogens with zero attached hydrogens (tertiary/aromatic N) is 1. The van der Waals surface area contributed by atoms with Crippen LogP contribution in [0.2, 0.25) is 0 Å². The summed E-state index contributed by atoms with van der Waals surface area (Å²) in [6.07, 6.45) is 0. The summed E-state index contributed by atoms with van der Waals surface area (Å²) in [5, 5.41) is 0. The standard InChI is InChI=1S/C18H17F3N2OS/c19-18(20,21)25-14-8-6-13(7-9-14)17(24)23-10-15(16(22)11-23)12-4-2-1-3-5-12/h1-9,15-16H,10-11,22H2/t15-,16+/m0/s1. The second kappa shape index (κ2) is 7.09. The highest BCUT2D eigenvalue weighted by Gasteiger charge is 2.34. The molecule has 3 rings (SSSR count). The Labute approximate surface area is 148 Å². The van der Waals surface area contributed by atoms with E-state index in [-0.39, 0.29) is 34.5 Å². The molecule has 1 aliphatic heterocycles. The zero-order valence-electron chi connectivity index (χ0n) is 13.2. The lowest BCUT2D eigenvalue weighted by molar-refractivity contribution is -0.0328. The first kappa shape index (κ1) is 17.8. The van der Waals surface area contributed by atoms with Crippen LogP contribution in [-0.4, -0.2) is 35.4 Å². The Hall–Kier alpha value is -1.99. The summed E-state index contributed by atoms with van der Waals surface area (Å²) in [4.78, 5) is 14.3. The van der Waals surface area contributed by atoms with E-state index in [0.29, 0.717) is 18.7 Å². The summed E-state index contributed by atoms with van der Waals surface area (Å²) in [7, 11) is 0. The van der Waals surface area contributed by atoms with Crippen LogP contribution < -0.4 is 5.73 Å². The molecule has 7 heteroatoms. The summed E-state index contributed by atoms with van der Waals surface area (Å²) in [5.74, 6) is -0.150. The molecule has 2 aromatic carbocycles. The summed E-state index contributed by atoms with van der Waals surface area (Å²) in [6.45, 7) is 0.931. The largest absolute Gasteiger partial charge is 0.446 e. The molecule has 2 atom stereocenters. The smallest absolute Gasteiger partial charge is 0.336 e. The summed E-state index contributed by atoms with van der Waals surface area (Å²) in [6, 6.07) is 15.1. The lowest BCUT2D eigenvalue weighted by Crippen LogP contribution is -2.32. The van der Waals surface area contributed by atoms with Crippen LogP contribution >= 0.6 is 11.8 Å². The molecule has 1 fully saturated rings. The topological polar surface area (TPSA) is 46.3 Å². The number of rotatable bonds is 3. The normalized spacial score (nSPS) is 20.7. The fourth-order valence-electron chi connectivity index (χ4n) is 3.03. The third-order valence-electron chi connectivity index (χ3n) is 4.21. The average molecular weight is 366 g/mol. The molecule has 2 aromatic rings. The predicted molar refractivity (Wildman–Crippen MR) is 91.4 cm³/mol. The molecule has 0 unspecified atom stereocenters. The Morgan fingerprint density at radius 2 is 1.68 bits per heavy atom. The molecule has 0 bridgehead atoms. The van der Waals surface area contributed by atoms with Crippen LogP contribution in [0, 0.1) is 0 Å². The molecular formula is C18H17F3N2OS. The van der Waals surface area contributed by atoms with E-state index in [1.807, 2.05) is 30.3 Å². The second-order valence-corrected chi connectivity index (χ2v) is 7.10. The molecule has 0 aliphatic carbocycles. The fourth-order valence-corrected chi connectivity index (χ4v) is 3.57. The van der Waals surface area contributed by atoms with Gasteiger partial charge in [-0.25, -0.2) is 0 Å².